The Bertz CT molecular complexity index is 1400. The van der Waals surface area contributed by atoms with E-state index in [1.54, 1.807) is 45.5 Å². The Morgan fingerprint density at radius 1 is 0.972 bits per heavy atom. The van der Waals surface area contributed by atoms with Gasteiger partial charge in [0, 0.05) is 27.4 Å². The number of carbonyl (C=O) groups excluding carboxylic acids is 2. The van der Waals surface area contributed by atoms with Gasteiger partial charge in [0.05, 0.1) is 23.2 Å². The summed E-state index contributed by atoms with van der Waals surface area (Å²) in [5, 5.41) is 12.6. The lowest BCUT2D eigenvalue weighted by Crippen LogP contribution is -2.30. The summed E-state index contributed by atoms with van der Waals surface area (Å²) in [7, 11) is 1.83. The Morgan fingerprint density at radius 2 is 1.58 bits per heavy atom. The van der Waals surface area contributed by atoms with Gasteiger partial charge in [-0.15, -0.1) is 10.2 Å². The molecule has 4 aromatic rings. The van der Waals surface area contributed by atoms with Gasteiger partial charge < -0.3 is 9.88 Å². The second kappa shape index (κ2) is 10.4. The van der Waals surface area contributed by atoms with E-state index in [1.807, 2.05) is 62.5 Å². The second-order valence-electron chi connectivity index (χ2n) is 8.16. The maximum atomic E-state index is 13.4. The number of rotatable bonds is 6. The van der Waals surface area contributed by atoms with Crippen LogP contribution in [0.4, 0.5) is 11.4 Å². The van der Waals surface area contributed by atoms with Crippen molar-refractivity contribution in [3.8, 4) is 0 Å². The highest BCUT2D eigenvalue weighted by molar-refractivity contribution is 8.00. The standard InChI is InChI=1S/C26H22ClN5O2S2/c1-16(28-25(34)17-11-13-18(27)14-12-17)24-29-30-26(31(24)2)35-15-23(33)32-19-7-3-5-9-21(19)36-22-10-6-4-8-20(22)32/h3-14,16H,15H2,1-2H3,(H,28,34)/t16-/m1/s1. The Balaban J connectivity index is 1.29. The third kappa shape index (κ3) is 4.86. The number of hydrogen-bond donors (Lipinski definition) is 1. The van der Waals surface area contributed by atoms with E-state index in [0.29, 0.717) is 21.6 Å². The lowest BCUT2D eigenvalue weighted by atomic mass is 10.2. The van der Waals surface area contributed by atoms with E-state index in [0.717, 1.165) is 21.2 Å². The summed E-state index contributed by atoms with van der Waals surface area (Å²) >= 11 is 8.89. The van der Waals surface area contributed by atoms with Gasteiger partial charge in [0.1, 0.15) is 0 Å². The Labute approximate surface area is 222 Å². The van der Waals surface area contributed by atoms with Gasteiger partial charge in [0.2, 0.25) is 5.91 Å². The first-order chi connectivity index (χ1) is 17.4. The van der Waals surface area contributed by atoms with Crippen LogP contribution < -0.4 is 10.2 Å². The molecule has 182 valence electrons. The summed E-state index contributed by atoms with van der Waals surface area (Å²) in [5.41, 5.74) is 2.27. The van der Waals surface area contributed by atoms with Crippen LogP contribution in [0.2, 0.25) is 5.02 Å². The molecule has 36 heavy (non-hydrogen) atoms. The van der Waals surface area contributed by atoms with E-state index < -0.39 is 0 Å². The van der Waals surface area contributed by atoms with E-state index in [2.05, 4.69) is 15.5 Å². The zero-order valence-corrected chi connectivity index (χ0v) is 21.9. The average molecular weight is 536 g/mol. The minimum atomic E-state index is -0.381. The number of para-hydroxylation sites is 2. The molecule has 1 N–H and O–H groups in total. The third-order valence-electron chi connectivity index (χ3n) is 5.72. The van der Waals surface area contributed by atoms with Crippen LogP contribution in [-0.4, -0.2) is 32.3 Å². The molecule has 7 nitrogen and oxygen atoms in total. The number of fused-ring (bicyclic) bond motifs is 2. The van der Waals surface area contributed by atoms with Crippen LogP contribution in [0.5, 0.6) is 0 Å². The number of nitrogens with zero attached hydrogens (tertiary/aromatic N) is 4. The van der Waals surface area contributed by atoms with Crippen LogP contribution in [0.1, 0.15) is 29.1 Å². The summed E-state index contributed by atoms with van der Waals surface area (Å²) in [5.74, 6) is 0.503. The predicted octanol–water partition coefficient (Wildman–Crippen LogP) is 5.88. The number of hydrogen-bond acceptors (Lipinski definition) is 6. The van der Waals surface area contributed by atoms with Crippen molar-refractivity contribution in [1.82, 2.24) is 20.1 Å². The number of amides is 2. The fraction of sp³-hybridized carbons (Fsp3) is 0.154. The highest BCUT2D eigenvalue weighted by atomic mass is 35.5. The number of nitrogens with one attached hydrogen (secondary N) is 1. The first kappa shape index (κ1) is 24.4. The molecule has 0 bridgehead atoms. The first-order valence-electron chi connectivity index (χ1n) is 11.2. The molecule has 1 aromatic heterocycles. The van der Waals surface area contributed by atoms with Gasteiger partial charge in [-0.2, -0.15) is 0 Å². The molecule has 3 aromatic carbocycles. The highest BCUT2D eigenvalue weighted by Crippen LogP contribution is 2.48. The minimum absolute atomic E-state index is 0.0474. The number of benzene rings is 3. The number of aromatic nitrogens is 3. The van der Waals surface area contributed by atoms with Gasteiger partial charge in [-0.25, -0.2) is 0 Å². The molecule has 0 saturated carbocycles. The molecule has 5 rings (SSSR count). The van der Waals surface area contributed by atoms with Gasteiger partial charge in [-0.1, -0.05) is 59.4 Å². The van der Waals surface area contributed by atoms with Crippen LogP contribution in [0.3, 0.4) is 0 Å². The van der Waals surface area contributed by atoms with Crippen molar-refractivity contribution >= 4 is 58.3 Å². The van der Waals surface area contributed by atoms with Crippen LogP contribution in [0, 0.1) is 0 Å². The Morgan fingerprint density at radius 3 is 2.22 bits per heavy atom. The Kier molecular flexibility index (Phi) is 7.04. The first-order valence-corrected chi connectivity index (χ1v) is 13.4. The maximum Gasteiger partial charge on any atom is 0.251 e. The largest absolute Gasteiger partial charge is 0.342 e. The van der Waals surface area contributed by atoms with Crippen molar-refractivity contribution in [2.75, 3.05) is 10.7 Å². The van der Waals surface area contributed by atoms with Crippen LogP contribution in [0.15, 0.2) is 87.7 Å². The predicted molar refractivity (Wildman–Crippen MR) is 143 cm³/mol. The average Bonchev–Trinajstić information content (AvgIpc) is 3.26. The molecule has 10 heteroatoms. The van der Waals surface area contributed by atoms with Crippen LogP contribution >= 0.6 is 35.1 Å². The molecule has 0 radical (unpaired) electrons. The van der Waals surface area contributed by atoms with E-state index in [4.69, 9.17) is 11.6 Å². The highest BCUT2D eigenvalue weighted by Gasteiger charge is 2.28. The van der Waals surface area contributed by atoms with Crippen molar-refractivity contribution < 1.29 is 9.59 Å². The van der Waals surface area contributed by atoms with E-state index in [1.165, 1.54) is 11.8 Å². The van der Waals surface area contributed by atoms with Crippen molar-refractivity contribution in [2.24, 2.45) is 7.05 Å². The maximum absolute atomic E-state index is 13.4. The number of thioether (sulfide) groups is 1. The second-order valence-corrected chi connectivity index (χ2v) is 10.6. The molecule has 1 aliphatic rings. The minimum Gasteiger partial charge on any atom is -0.342 e. The molecule has 0 saturated heterocycles. The quantitative estimate of drug-likeness (QED) is 0.310. The van der Waals surface area contributed by atoms with Gasteiger partial charge in [-0.05, 0) is 55.5 Å². The van der Waals surface area contributed by atoms with Crippen LogP contribution in [-0.2, 0) is 11.8 Å². The molecule has 2 heterocycles. The summed E-state index contributed by atoms with van der Waals surface area (Å²) in [6.07, 6.45) is 0. The number of carbonyl (C=O) groups is 2. The topological polar surface area (TPSA) is 80.1 Å². The summed E-state index contributed by atoms with van der Waals surface area (Å²) in [6.45, 7) is 1.84. The van der Waals surface area contributed by atoms with Crippen molar-refractivity contribution in [1.29, 1.82) is 0 Å². The van der Waals surface area contributed by atoms with E-state index in [-0.39, 0.29) is 23.6 Å². The molecule has 1 aliphatic heterocycles. The molecule has 0 aliphatic carbocycles. The fourth-order valence-electron chi connectivity index (χ4n) is 3.94. The smallest absolute Gasteiger partial charge is 0.251 e. The monoisotopic (exact) mass is 535 g/mol. The lowest BCUT2D eigenvalue weighted by Gasteiger charge is -2.30. The zero-order valence-electron chi connectivity index (χ0n) is 19.5. The molecular formula is C26H22ClN5O2S2. The van der Waals surface area contributed by atoms with E-state index in [9.17, 15) is 9.59 Å². The van der Waals surface area contributed by atoms with Crippen molar-refractivity contribution in [2.45, 2.75) is 27.9 Å². The summed E-state index contributed by atoms with van der Waals surface area (Å²) in [4.78, 5) is 29.9. The van der Waals surface area contributed by atoms with Crippen LogP contribution in [0.25, 0.3) is 0 Å². The molecular weight excluding hydrogens is 514 g/mol. The lowest BCUT2D eigenvalue weighted by molar-refractivity contribution is -0.115. The van der Waals surface area contributed by atoms with E-state index >= 15 is 0 Å². The van der Waals surface area contributed by atoms with Gasteiger partial charge in [0.25, 0.3) is 5.91 Å². The summed E-state index contributed by atoms with van der Waals surface area (Å²) < 4.78 is 1.80. The van der Waals surface area contributed by atoms with Gasteiger partial charge in [0.15, 0.2) is 11.0 Å². The zero-order chi connectivity index (χ0) is 25.2. The molecule has 1 atom stereocenters. The molecule has 0 fully saturated rings. The van der Waals surface area contributed by atoms with Gasteiger partial charge in [-0.3, -0.25) is 14.5 Å². The Hall–Kier alpha value is -3.27. The molecule has 0 spiro atoms. The summed E-state index contributed by atoms with van der Waals surface area (Å²) in [6, 6.07) is 22.1. The van der Waals surface area contributed by atoms with Gasteiger partial charge >= 0.3 is 0 Å². The SMILES string of the molecule is C[C@@H](NC(=O)c1ccc(Cl)cc1)c1nnc(SCC(=O)N2c3ccccc3Sc3ccccc32)n1C. The third-order valence-corrected chi connectivity index (χ3v) is 8.10. The normalized spacial score (nSPS) is 13.0. The van der Waals surface area contributed by atoms with Crippen molar-refractivity contribution in [3.05, 3.63) is 89.2 Å². The molecule has 0 unspecified atom stereocenters. The number of halogens is 1. The molecule has 2 amide bonds. The van der Waals surface area contributed by atoms with Crippen molar-refractivity contribution in [3.63, 3.8) is 0 Å². The number of anilines is 2. The fourth-order valence-corrected chi connectivity index (χ4v) is 5.89.